The minimum Gasteiger partial charge on any atom is -0.350 e. The second-order valence-corrected chi connectivity index (χ2v) is 9.09. The van der Waals surface area contributed by atoms with Crippen LogP contribution in [0.15, 0.2) is 48.5 Å². The molecule has 1 N–H and O–H groups in total. The maximum absolute atomic E-state index is 13.4. The largest absolute Gasteiger partial charge is 0.350 e. The van der Waals surface area contributed by atoms with Gasteiger partial charge in [0.1, 0.15) is 6.04 Å². The minimum atomic E-state index is -0.481. The highest BCUT2D eigenvalue weighted by Crippen LogP contribution is 2.16. The van der Waals surface area contributed by atoms with E-state index in [4.69, 9.17) is 0 Å². The van der Waals surface area contributed by atoms with Crippen LogP contribution in [0.2, 0.25) is 0 Å². The molecule has 0 aliphatic carbocycles. The predicted molar refractivity (Wildman–Crippen MR) is 123 cm³/mol. The Bertz CT molecular complexity index is 853. The third kappa shape index (κ3) is 7.01. The van der Waals surface area contributed by atoms with Gasteiger partial charge in [0.05, 0.1) is 6.42 Å². The van der Waals surface area contributed by atoms with Crippen molar-refractivity contribution >= 4 is 11.8 Å². The Morgan fingerprint density at radius 1 is 1.03 bits per heavy atom. The molecule has 162 valence electrons. The van der Waals surface area contributed by atoms with E-state index < -0.39 is 6.04 Å². The first-order chi connectivity index (χ1) is 14.1. The lowest BCUT2D eigenvalue weighted by Crippen LogP contribution is -2.54. The zero-order valence-electron chi connectivity index (χ0n) is 19.3. The molecule has 0 saturated heterocycles. The van der Waals surface area contributed by atoms with E-state index >= 15 is 0 Å². The molecule has 1 atom stereocenters. The molecule has 0 saturated carbocycles. The number of benzene rings is 2. The fourth-order valence-corrected chi connectivity index (χ4v) is 3.60. The van der Waals surface area contributed by atoms with E-state index in [0.717, 1.165) is 28.7 Å². The molecule has 1 unspecified atom stereocenters. The van der Waals surface area contributed by atoms with Crippen LogP contribution in [0.25, 0.3) is 0 Å². The van der Waals surface area contributed by atoms with Crippen LogP contribution in [-0.2, 0) is 22.4 Å². The lowest BCUT2D eigenvalue weighted by molar-refractivity contribution is -0.140. The Hall–Kier alpha value is -2.62. The van der Waals surface area contributed by atoms with Gasteiger partial charge < -0.3 is 10.2 Å². The smallest absolute Gasteiger partial charge is 0.243 e. The van der Waals surface area contributed by atoms with Gasteiger partial charge in [-0.1, -0.05) is 61.0 Å². The molecule has 0 aromatic heterocycles. The first-order valence-corrected chi connectivity index (χ1v) is 10.8. The van der Waals surface area contributed by atoms with Crippen LogP contribution in [0, 0.1) is 13.8 Å². The summed E-state index contributed by atoms with van der Waals surface area (Å²) < 4.78 is 0. The summed E-state index contributed by atoms with van der Waals surface area (Å²) in [6, 6.07) is 15.8. The maximum atomic E-state index is 13.4. The Morgan fingerprint density at radius 3 is 2.30 bits per heavy atom. The molecule has 2 rings (SSSR count). The normalized spacial score (nSPS) is 12.3. The first-order valence-electron chi connectivity index (χ1n) is 10.8. The van der Waals surface area contributed by atoms with Crippen LogP contribution in [0.4, 0.5) is 0 Å². The Morgan fingerprint density at radius 2 is 1.70 bits per heavy atom. The molecule has 0 heterocycles. The molecule has 0 radical (unpaired) electrons. The Labute approximate surface area is 181 Å². The van der Waals surface area contributed by atoms with Crippen molar-refractivity contribution in [1.29, 1.82) is 0 Å². The van der Waals surface area contributed by atoms with Crippen molar-refractivity contribution in [3.05, 3.63) is 70.8 Å². The number of nitrogens with one attached hydrogen (secondary N) is 1. The van der Waals surface area contributed by atoms with E-state index in [1.54, 1.807) is 4.90 Å². The molecular weight excluding hydrogens is 372 g/mol. The first kappa shape index (κ1) is 23.7. The molecule has 2 aromatic carbocycles. The van der Waals surface area contributed by atoms with Gasteiger partial charge in [0.15, 0.2) is 0 Å². The van der Waals surface area contributed by atoms with Gasteiger partial charge in [-0.15, -0.1) is 0 Å². The quantitative estimate of drug-likeness (QED) is 0.693. The van der Waals surface area contributed by atoms with Crippen LogP contribution >= 0.6 is 0 Å². The average Bonchev–Trinajstić information content (AvgIpc) is 2.67. The fraction of sp³-hybridized carbons (Fsp3) is 0.462. The van der Waals surface area contributed by atoms with E-state index in [2.05, 4.69) is 35.6 Å². The highest BCUT2D eigenvalue weighted by Gasteiger charge is 2.30. The molecule has 0 bridgehead atoms. The second-order valence-electron chi connectivity index (χ2n) is 9.09. The Balaban J connectivity index is 2.27. The summed E-state index contributed by atoms with van der Waals surface area (Å²) >= 11 is 0. The van der Waals surface area contributed by atoms with E-state index in [-0.39, 0.29) is 17.4 Å². The van der Waals surface area contributed by atoms with Crippen molar-refractivity contribution in [2.24, 2.45) is 0 Å². The molecular formula is C26H36N2O2. The third-order valence-electron chi connectivity index (χ3n) is 5.21. The van der Waals surface area contributed by atoms with E-state index in [1.807, 2.05) is 59.7 Å². The second kappa shape index (κ2) is 10.4. The SMILES string of the molecule is CCC(C(=O)NC(C)(C)C)N(CCc1ccccc1)C(=O)Cc1cc(C)ccc1C. The summed E-state index contributed by atoms with van der Waals surface area (Å²) in [5, 5.41) is 3.06. The average molecular weight is 409 g/mol. The number of carbonyl (C=O) groups excluding carboxylic acids is 2. The molecule has 30 heavy (non-hydrogen) atoms. The summed E-state index contributed by atoms with van der Waals surface area (Å²) in [4.78, 5) is 28.2. The highest BCUT2D eigenvalue weighted by atomic mass is 16.2. The van der Waals surface area contributed by atoms with Gasteiger partial charge in [-0.3, -0.25) is 9.59 Å². The van der Waals surface area contributed by atoms with Gasteiger partial charge in [0.2, 0.25) is 11.8 Å². The van der Waals surface area contributed by atoms with E-state index in [0.29, 0.717) is 19.4 Å². The monoisotopic (exact) mass is 408 g/mol. The van der Waals surface area contributed by atoms with Crippen molar-refractivity contribution in [2.75, 3.05) is 6.54 Å². The lowest BCUT2D eigenvalue weighted by Gasteiger charge is -2.33. The molecule has 4 heteroatoms. The molecule has 0 spiro atoms. The van der Waals surface area contributed by atoms with Gasteiger partial charge in [-0.25, -0.2) is 0 Å². The molecule has 0 aliphatic heterocycles. The van der Waals surface area contributed by atoms with Gasteiger partial charge in [0, 0.05) is 12.1 Å². The van der Waals surface area contributed by atoms with Crippen LogP contribution in [0.3, 0.4) is 0 Å². The summed E-state index contributed by atoms with van der Waals surface area (Å²) in [6.45, 7) is 12.4. The number of hydrogen-bond acceptors (Lipinski definition) is 2. The van der Waals surface area contributed by atoms with Gasteiger partial charge >= 0.3 is 0 Å². The molecule has 2 aromatic rings. The summed E-state index contributed by atoms with van der Waals surface area (Å²) in [6.07, 6.45) is 1.61. The number of amides is 2. The number of aryl methyl sites for hydroxylation is 2. The summed E-state index contributed by atoms with van der Waals surface area (Å²) in [7, 11) is 0. The van der Waals surface area contributed by atoms with E-state index in [9.17, 15) is 9.59 Å². The zero-order valence-corrected chi connectivity index (χ0v) is 19.3. The van der Waals surface area contributed by atoms with Crippen LogP contribution in [0.1, 0.15) is 56.4 Å². The zero-order chi connectivity index (χ0) is 22.3. The number of hydrogen-bond donors (Lipinski definition) is 1. The topological polar surface area (TPSA) is 49.4 Å². The van der Waals surface area contributed by atoms with Gasteiger partial charge in [-0.2, -0.15) is 0 Å². The van der Waals surface area contributed by atoms with E-state index in [1.165, 1.54) is 0 Å². The van der Waals surface area contributed by atoms with Crippen molar-refractivity contribution in [2.45, 2.75) is 72.4 Å². The van der Waals surface area contributed by atoms with Crippen LogP contribution in [0.5, 0.6) is 0 Å². The third-order valence-corrected chi connectivity index (χ3v) is 5.21. The molecule has 0 fully saturated rings. The van der Waals surface area contributed by atoms with Gasteiger partial charge in [-0.05, 0) is 64.2 Å². The van der Waals surface area contributed by atoms with Crippen molar-refractivity contribution in [3.8, 4) is 0 Å². The van der Waals surface area contributed by atoms with Gasteiger partial charge in [0.25, 0.3) is 0 Å². The predicted octanol–water partition coefficient (Wildman–Crippen LogP) is 4.61. The Kier molecular flexibility index (Phi) is 8.22. The summed E-state index contributed by atoms with van der Waals surface area (Å²) in [5.74, 6) is -0.0945. The maximum Gasteiger partial charge on any atom is 0.243 e. The molecule has 2 amide bonds. The van der Waals surface area contributed by atoms with Crippen molar-refractivity contribution in [1.82, 2.24) is 10.2 Å². The standard InChI is InChI=1S/C26H36N2O2/c1-7-23(25(30)27-26(4,5)6)28(16-15-21-11-9-8-10-12-21)24(29)18-22-17-19(2)13-14-20(22)3/h8-14,17,23H,7,15-16,18H2,1-6H3,(H,27,30). The number of rotatable bonds is 8. The van der Waals surface area contributed by atoms with Crippen LogP contribution < -0.4 is 5.32 Å². The number of carbonyl (C=O) groups is 2. The fourth-order valence-electron chi connectivity index (χ4n) is 3.60. The van der Waals surface area contributed by atoms with Crippen LogP contribution in [-0.4, -0.2) is 34.8 Å². The van der Waals surface area contributed by atoms with Crippen molar-refractivity contribution < 1.29 is 9.59 Å². The minimum absolute atomic E-state index is 0.00413. The molecule has 0 aliphatic rings. The number of nitrogens with zero attached hydrogens (tertiary/aromatic N) is 1. The van der Waals surface area contributed by atoms with Crippen molar-refractivity contribution in [3.63, 3.8) is 0 Å². The molecule has 4 nitrogen and oxygen atoms in total. The lowest BCUT2D eigenvalue weighted by atomic mass is 10.0. The summed E-state index contributed by atoms with van der Waals surface area (Å²) in [5.41, 5.74) is 4.08. The highest BCUT2D eigenvalue weighted by molar-refractivity contribution is 5.89.